The number of hydrogen-bond acceptors (Lipinski definition) is 2. The first-order valence-electron chi connectivity index (χ1n) is 6.37. The Bertz CT molecular complexity index is 590. The number of nitrogens with one attached hydrogen (secondary N) is 1. The summed E-state index contributed by atoms with van der Waals surface area (Å²) in [5.41, 5.74) is 1.92. The average Bonchev–Trinajstić information content (AvgIpc) is 2.50. The van der Waals surface area contributed by atoms with E-state index in [9.17, 15) is 0 Å². The van der Waals surface area contributed by atoms with Gasteiger partial charge in [-0.1, -0.05) is 36.4 Å². The summed E-state index contributed by atoms with van der Waals surface area (Å²) in [7, 11) is 0. The van der Waals surface area contributed by atoms with Gasteiger partial charge in [0, 0.05) is 17.9 Å². The Labute approximate surface area is 124 Å². The summed E-state index contributed by atoms with van der Waals surface area (Å²) in [6.45, 7) is 0.569. The highest BCUT2D eigenvalue weighted by Gasteiger charge is 2.11. The van der Waals surface area contributed by atoms with Crippen molar-refractivity contribution in [3.63, 3.8) is 0 Å². The standard InChI is InChI=1S/C16H15N3S/c17-12-7-13-19(15-10-5-2-6-11-15)16(20)18-14-8-3-1-4-9-14/h1-6,8-11H,7,13H2,(H,18,20). The van der Waals surface area contributed by atoms with Crippen molar-refractivity contribution in [3.05, 3.63) is 60.7 Å². The number of benzene rings is 2. The molecule has 0 spiro atoms. The zero-order valence-electron chi connectivity index (χ0n) is 11.0. The quantitative estimate of drug-likeness (QED) is 0.865. The number of nitrogens with zero attached hydrogens (tertiary/aromatic N) is 2. The van der Waals surface area contributed by atoms with Gasteiger partial charge in [-0.25, -0.2) is 0 Å². The van der Waals surface area contributed by atoms with E-state index in [1.165, 1.54) is 0 Å². The van der Waals surface area contributed by atoms with Crippen molar-refractivity contribution in [2.75, 3.05) is 16.8 Å². The molecule has 0 aromatic heterocycles. The van der Waals surface area contributed by atoms with Gasteiger partial charge in [0.15, 0.2) is 5.11 Å². The lowest BCUT2D eigenvalue weighted by Gasteiger charge is -2.25. The molecule has 0 atom stereocenters. The van der Waals surface area contributed by atoms with E-state index in [1.54, 1.807) is 0 Å². The van der Waals surface area contributed by atoms with Crippen LogP contribution in [-0.4, -0.2) is 11.7 Å². The van der Waals surface area contributed by atoms with Gasteiger partial charge in [-0.15, -0.1) is 0 Å². The van der Waals surface area contributed by atoms with Crippen LogP contribution in [0.3, 0.4) is 0 Å². The van der Waals surface area contributed by atoms with Crippen molar-refractivity contribution in [3.8, 4) is 6.07 Å². The van der Waals surface area contributed by atoms with Crippen LogP contribution < -0.4 is 10.2 Å². The van der Waals surface area contributed by atoms with Crippen LogP contribution in [-0.2, 0) is 0 Å². The molecule has 0 aliphatic carbocycles. The summed E-state index contributed by atoms with van der Waals surface area (Å²) < 4.78 is 0. The maximum Gasteiger partial charge on any atom is 0.177 e. The molecule has 3 nitrogen and oxygen atoms in total. The Hall–Kier alpha value is -2.38. The number of hydrogen-bond donors (Lipinski definition) is 1. The first-order chi connectivity index (χ1) is 9.81. The number of anilines is 2. The molecule has 2 aromatic rings. The minimum atomic E-state index is 0.422. The van der Waals surface area contributed by atoms with Crippen LogP contribution in [0.5, 0.6) is 0 Å². The predicted molar refractivity (Wildman–Crippen MR) is 86.7 cm³/mol. The molecule has 0 aliphatic rings. The van der Waals surface area contributed by atoms with Crippen LogP contribution in [0, 0.1) is 11.3 Å². The van der Waals surface area contributed by atoms with Gasteiger partial charge in [-0.05, 0) is 36.5 Å². The normalized spacial score (nSPS) is 9.55. The van der Waals surface area contributed by atoms with Crippen LogP contribution >= 0.6 is 12.2 Å². The van der Waals surface area contributed by atoms with Gasteiger partial charge < -0.3 is 10.2 Å². The lowest BCUT2D eigenvalue weighted by Crippen LogP contribution is -2.35. The van der Waals surface area contributed by atoms with Crippen molar-refractivity contribution in [2.45, 2.75) is 6.42 Å². The molecule has 0 unspecified atom stereocenters. The number of nitriles is 1. The van der Waals surface area contributed by atoms with Crippen LogP contribution in [0.1, 0.15) is 6.42 Å². The maximum atomic E-state index is 8.79. The molecule has 0 heterocycles. The Morgan fingerprint density at radius 3 is 2.25 bits per heavy atom. The van der Waals surface area contributed by atoms with E-state index in [0.29, 0.717) is 18.1 Å². The third-order valence-electron chi connectivity index (χ3n) is 2.79. The fraction of sp³-hybridized carbons (Fsp3) is 0.125. The molecule has 0 aliphatic heterocycles. The molecular weight excluding hydrogens is 266 g/mol. The Morgan fingerprint density at radius 2 is 1.65 bits per heavy atom. The topological polar surface area (TPSA) is 39.1 Å². The van der Waals surface area contributed by atoms with E-state index >= 15 is 0 Å². The van der Waals surface area contributed by atoms with Gasteiger partial charge in [-0.3, -0.25) is 0 Å². The molecule has 0 fully saturated rings. The van der Waals surface area contributed by atoms with Crippen molar-refractivity contribution in [1.29, 1.82) is 5.26 Å². The molecule has 0 radical (unpaired) electrons. The highest BCUT2D eigenvalue weighted by Crippen LogP contribution is 2.16. The minimum Gasteiger partial charge on any atom is -0.332 e. The molecular formula is C16H15N3S. The number of rotatable bonds is 4. The molecule has 0 saturated carbocycles. The fourth-order valence-corrected chi connectivity index (χ4v) is 2.14. The Morgan fingerprint density at radius 1 is 1.05 bits per heavy atom. The molecule has 0 saturated heterocycles. The highest BCUT2D eigenvalue weighted by molar-refractivity contribution is 7.80. The first kappa shape index (κ1) is 14.0. The summed E-state index contributed by atoms with van der Waals surface area (Å²) >= 11 is 5.46. The molecule has 2 rings (SSSR count). The number of thiocarbonyl (C=S) groups is 1. The maximum absolute atomic E-state index is 8.79. The summed E-state index contributed by atoms with van der Waals surface area (Å²) in [6.07, 6.45) is 0.422. The van der Waals surface area contributed by atoms with Gasteiger partial charge in [0.05, 0.1) is 12.5 Å². The van der Waals surface area contributed by atoms with Gasteiger partial charge >= 0.3 is 0 Å². The highest BCUT2D eigenvalue weighted by atomic mass is 32.1. The zero-order chi connectivity index (χ0) is 14.2. The minimum absolute atomic E-state index is 0.422. The van der Waals surface area contributed by atoms with E-state index in [1.807, 2.05) is 65.6 Å². The Kier molecular flexibility index (Phi) is 5.10. The second-order valence-corrected chi connectivity index (χ2v) is 4.58. The monoisotopic (exact) mass is 281 g/mol. The first-order valence-corrected chi connectivity index (χ1v) is 6.77. The van der Waals surface area contributed by atoms with Gasteiger partial charge in [-0.2, -0.15) is 5.26 Å². The molecule has 100 valence electrons. The third kappa shape index (κ3) is 3.81. The SMILES string of the molecule is N#CCCN(C(=S)Nc1ccccc1)c1ccccc1. The van der Waals surface area contributed by atoms with E-state index in [4.69, 9.17) is 17.5 Å². The van der Waals surface area contributed by atoms with Crippen LogP contribution in [0.4, 0.5) is 11.4 Å². The molecule has 0 amide bonds. The zero-order valence-corrected chi connectivity index (χ0v) is 11.8. The van der Waals surface area contributed by atoms with E-state index in [-0.39, 0.29) is 0 Å². The van der Waals surface area contributed by atoms with Gasteiger partial charge in [0.2, 0.25) is 0 Å². The smallest absolute Gasteiger partial charge is 0.177 e. The summed E-state index contributed by atoms with van der Waals surface area (Å²) in [6, 6.07) is 21.8. The summed E-state index contributed by atoms with van der Waals surface area (Å²) in [5, 5.41) is 12.6. The van der Waals surface area contributed by atoms with Crippen LogP contribution in [0.2, 0.25) is 0 Å². The second-order valence-electron chi connectivity index (χ2n) is 4.19. The summed E-state index contributed by atoms with van der Waals surface area (Å²) in [4.78, 5) is 1.94. The largest absolute Gasteiger partial charge is 0.332 e. The molecule has 4 heteroatoms. The molecule has 2 aromatic carbocycles. The Balaban J connectivity index is 2.14. The fourth-order valence-electron chi connectivity index (χ4n) is 1.83. The van der Waals surface area contributed by atoms with Crippen molar-refractivity contribution < 1.29 is 0 Å². The van der Waals surface area contributed by atoms with Crippen molar-refractivity contribution >= 4 is 28.7 Å². The van der Waals surface area contributed by atoms with Gasteiger partial charge in [0.1, 0.15) is 0 Å². The van der Waals surface area contributed by atoms with Crippen molar-refractivity contribution in [2.24, 2.45) is 0 Å². The number of para-hydroxylation sites is 2. The van der Waals surface area contributed by atoms with Crippen molar-refractivity contribution in [1.82, 2.24) is 0 Å². The molecule has 0 bridgehead atoms. The van der Waals surface area contributed by atoms with Crippen LogP contribution in [0.15, 0.2) is 60.7 Å². The van der Waals surface area contributed by atoms with Gasteiger partial charge in [0.25, 0.3) is 0 Å². The van der Waals surface area contributed by atoms with Crippen LogP contribution in [0.25, 0.3) is 0 Å². The lowest BCUT2D eigenvalue weighted by atomic mass is 10.3. The third-order valence-corrected chi connectivity index (χ3v) is 3.11. The second kappa shape index (κ2) is 7.27. The van der Waals surface area contributed by atoms with E-state index in [2.05, 4.69) is 11.4 Å². The molecule has 20 heavy (non-hydrogen) atoms. The average molecular weight is 281 g/mol. The summed E-state index contributed by atoms with van der Waals surface area (Å²) in [5.74, 6) is 0. The van der Waals surface area contributed by atoms with E-state index in [0.717, 1.165) is 11.4 Å². The lowest BCUT2D eigenvalue weighted by molar-refractivity contribution is 0.977. The van der Waals surface area contributed by atoms with E-state index < -0.39 is 0 Å². The molecule has 1 N–H and O–H groups in total. The predicted octanol–water partition coefficient (Wildman–Crippen LogP) is 3.80.